The average molecular weight is 268 g/mol. The van der Waals surface area contributed by atoms with E-state index in [1.807, 2.05) is 0 Å². The minimum Gasteiger partial charge on any atom is -0.479 e. The van der Waals surface area contributed by atoms with Gasteiger partial charge in [-0.3, -0.25) is 4.79 Å². The van der Waals surface area contributed by atoms with Gasteiger partial charge < -0.3 is 15.7 Å². The van der Waals surface area contributed by atoms with Gasteiger partial charge in [-0.2, -0.15) is 13.2 Å². The fourth-order valence-corrected chi connectivity index (χ4v) is 1.28. The molecule has 0 heterocycles. The summed E-state index contributed by atoms with van der Waals surface area (Å²) < 4.78 is 37.7. The van der Waals surface area contributed by atoms with Gasteiger partial charge >= 0.3 is 12.1 Å². The number of aliphatic carboxylic acids is 1. The number of carbonyl (C=O) groups excluding carboxylic acids is 1. The Labute approximate surface area is 102 Å². The molecule has 104 valence electrons. The van der Waals surface area contributed by atoms with E-state index in [-0.39, 0.29) is 6.54 Å². The third-order valence-electron chi connectivity index (χ3n) is 2.80. The lowest BCUT2D eigenvalue weighted by molar-refractivity contribution is -0.206. The smallest absolute Gasteiger partial charge is 0.422 e. The molecular weight excluding hydrogens is 253 g/mol. The van der Waals surface area contributed by atoms with Crippen LogP contribution in [-0.4, -0.2) is 41.8 Å². The quantitative estimate of drug-likeness (QED) is 0.656. The second-order valence-electron chi connectivity index (χ2n) is 4.55. The summed E-state index contributed by atoms with van der Waals surface area (Å²) in [5.41, 5.74) is -3.26. The monoisotopic (exact) mass is 268 g/mol. The predicted octanol–water partition coefficient (Wildman–Crippen LogP) is 0.508. The van der Waals surface area contributed by atoms with Gasteiger partial charge in [-0.05, 0) is 32.2 Å². The first-order chi connectivity index (χ1) is 8.17. The predicted molar refractivity (Wildman–Crippen MR) is 55.8 cm³/mol. The molecule has 0 aromatic carbocycles. The summed E-state index contributed by atoms with van der Waals surface area (Å²) in [5, 5.41) is 12.8. The van der Waals surface area contributed by atoms with Crippen LogP contribution in [0.25, 0.3) is 0 Å². The first-order valence-electron chi connectivity index (χ1n) is 5.48. The standard InChI is InChI=1S/C10H15F3N2O3/c1-9(8(17)18,10(11,12)13)15-7(16)5-14-4-6-2-3-6/h6,14H,2-5H2,1H3,(H,15,16)(H,17,18). The van der Waals surface area contributed by atoms with Gasteiger partial charge in [0, 0.05) is 0 Å². The highest BCUT2D eigenvalue weighted by Gasteiger charge is 2.58. The molecule has 1 amide bonds. The fraction of sp³-hybridized carbons (Fsp3) is 0.800. The van der Waals surface area contributed by atoms with E-state index in [0.717, 1.165) is 12.8 Å². The molecule has 0 spiro atoms. The zero-order valence-electron chi connectivity index (χ0n) is 9.80. The summed E-state index contributed by atoms with van der Waals surface area (Å²) in [6.45, 7) is 0.660. The highest BCUT2D eigenvalue weighted by Crippen LogP contribution is 2.30. The lowest BCUT2D eigenvalue weighted by Crippen LogP contribution is -2.63. The maximum Gasteiger partial charge on any atom is 0.422 e. The Balaban J connectivity index is 2.49. The molecule has 0 aromatic heterocycles. The highest BCUT2D eigenvalue weighted by molar-refractivity contribution is 5.88. The number of amides is 1. The van der Waals surface area contributed by atoms with Gasteiger partial charge in [0.1, 0.15) is 0 Å². The first-order valence-corrected chi connectivity index (χ1v) is 5.48. The Morgan fingerprint density at radius 3 is 2.28 bits per heavy atom. The van der Waals surface area contributed by atoms with Crippen LogP contribution in [0.4, 0.5) is 13.2 Å². The molecule has 1 saturated carbocycles. The van der Waals surface area contributed by atoms with Crippen LogP contribution in [-0.2, 0) is 9.59 Å². The number of carboxylic acid groups (broad SMARTS) is 1. The van der Waals surface area contributed by atoms with Crippen LogP contribution in [0.5, 0.6) is 0 Å². The van der Waals surface area contributed by atoms with Crippen molar-refractivity contribution >= 4 is 11.9 Å². The van der Waals surface area contributed by atoms with Gasteiger partial charge in [0.2, 0.25) is 11.4 Å². The molecule has 18 heavy (non-hydrogen) atoms. The molecule has 0 bridgehead atoms. The first kappa shape index (κ1) is 14.7. The SMILES string of the molecule is CC(NC(=O)CNCC1CC1)(C(=O)O)C(F)(F)F. The van der Waals surface area contributed by atoms with E-state index in [2.05, 4.69) is 5.32 Å². The molecule has 0 saturated heterocycles. The van der Waals surface area contributed by atoms with Gasteiger partial charge in [0.25, 0.3) is 0 Å². The summed E-state index contributed by atoms with van der Waals surface area (Å²) in [6.07, 6.45) is -2.96. The van der Waals surface area contributed by atoms with Gasteiger partial charge in [-0.15, -0.1) is 0 Å². The minimum absolute atomic E-state index is 0.324. The van der Waals surface area contributed by atoms with E-state index in [1.165, 1.54) is 5.32 Å². The van der Waals surface area contributed by atoms with Crippen LogP contribution in [0, 0.1) is 5.92 Å². The van der Waals surface area contributed by atoms with Crippen molar-refractivity contribution in [1.29, 1.82) is 0 Å². The molecule has 1 unspecified atom stereocenters. The molecule has 5 nitrogen and oxygen atoms in total. The highest BCUT2D eigenvalue weighted by atomic mass is 19.4. The number of hydrogen-bond acceptors (Lipinski definition) is 3. The molecule has 1 fully saturated rings. The van der Waals surface area contributed by atoms with Crippen molar-refractivity contribution in [2.45, 2.75) is 31.5 Å². The average Bonchev–Trinajstić information content (AvgIpc) is 2.99. The van der Waals surface area contributed by atoms with Crippen molar-refractivity contribution in [2.75, 3.05) is 13.1 Å². The Bertz CT molecular complexity index is 342. The molecule has 8 heteroatoms. The van der Waals surface area contributed by atoms with E-state index in [1.54, 1.807) is 0 Å². The summed E-state index contributed by atoms with van der Waals surface area (Å²) in [4.78, 5) is 21.9. The summed E-state index contributed by atoms with van der Waals surface area (Å²) in [6, 6.07) is 0. The van der Waals surface area contributed by atoms with Crippen molar-refractivity contribution in [3.05, 3.63) is 0 Å². The third-order valence-corrected chi connectivity index (χ3v) is 2.80. The number of carbonyl (C=O) groups is 2. The number of hydrogen-bond donors (Lipinski definition) is 3. The van der Waals surface area contributed by atoms with Crippen LogP contribution in [0.2, 0.25) is 0 Å². The number of rotatable bonds is 6. The van der Waals surface area contributed by atoms with Crippen molar-refractivity contribution in [2.24, 2.45) is 5.92 Å². The summed E-state index contributed by atoms with van der Waals surface area (Å²) in [5.74, 6) is -2.64. The number of alkyl halides is 3. The normalized spacial score (nSPS) is 19.1. The van der Waals surface area contributed by atoms with E-state index in [0.29, 0.717) is 19.4 Å². The molecule has 1 aliphatic rings. The van der Waals surface area contributed by atoms with E-state index < -0.39 is 23.6 Å². The van der Waals surface area contributed by atoms with Crippen LogP contribution < -0.4 is 10.6 Å². The number of carboxylic acids is 1. The molecule has 1 rings (SSSR count). The Kier molecular flexibility index (Phi) is 4.20. The van der Waals surface area contributed by atoms with E-state index >= 15 is 0 Å². The van der Waals surface area contributed by atoms with Crippen molar-refractivity contribution in [1.82, 2.24) is 10.6 Å². The van der Waals surface area contributed by atoms with E-state index in [9.17, 15) is 22.8 Å². The Morgan fingerprint density at radius 1 is 1.33 bits per heavy atom. The minimum atomic E-state index is -5.05. The molecular formula is C10H15F3N2O3. The second-order valence-corrected chi connectivity index (χ2v) is 4.55. The van der Waals surface area contributed by atoms with Gasteiger partial charge in [0.05, 0.1) is 6.54 Å². The van der Waals surface area contributed by atoms with Crippen LogP contribution in [0.3, 0.4) is 0 Å². The molecule has 0 radical (unpaired) electrons. The lowest BCUT2D eigenvalue weighted by Gasteiger charge is -2.28. The molecule has 1 aliphatic carbocycles. The van der Waals surface area contributed by atoms with Crippen LogP contribution in [0.1, 0.15) is 19.8 Å². The lowest BCUT2D eigenvalue weighted by atomic mass is 10.0. The Hall–Kier alpha value is -1.31. The van der Waals surface area contributed by atoms with E-state index in [4.69, 9.17) is 5.11 Å². The zero-order valence-corrected chi connectivity index (χ0v) is 9.80. The molecule has 1 atom stereocenters. The number of nitrogens with one attached hydrogen (secondary N) is 2. The van der Waals surface area contributed by atoms with Gasteiger partial charge in [-0.25, -0.2) is 4.79 Å². The molecule has 0 aromatic rings. The summed E-state index contributed by atoms with van der Waals surface area (Å²) in [7, 11) is 0. The topological polar surface area (TPSA) is 78.4 Å². The van der Waals surface area contributed by atoms with Gasteiger partial charge in [-0.1, -0.05) is 0 Å². The number of halogens is 3. The Morgan fingerprint density at radius 2 is 1.89 bits per heavy atom. The van der Waals surface area contributed by atoms with Crippen LogP contribution in [0.15, 0.2) is 0 Å². The zero-order chi connectivity index (χ0) is 14.0. The fourth-order valence-electron chi connectivity index (χ4n) is 1.28. The van der Waals surface area contributed by atoms with Crippen LogP contribution >= 0.6 is 0 Å². The van der Waals surface area contributed by atoms with Crippen molar-refractivity contribution in [3.8, 4) is 0 Å². The van der Waals surface area contributed by atoms with Crippen molar-refractivity contribution in [3.63, 3.8) is 0 Å². The molecule has 0 aliphatic heterocycles. The summed E-state index contributed by atoms with van der Waals surface area (Å²) >= 11 is 0. The third kappa shape index (κ3) is 3.59. The maximum absolute atomic E-state index is 12.6. The second kappa shape index (κ2) is 5.13. The molecule has 3 N–H and O–H groups in total. The largest absolute Gasteiger partial charge is 0.479 e. The van der Waals surface area contributed by atoms with Gasteiger partial charge in [0.15, 0.2) is 0 Å². The maximum atomic E-state index is 12.6. The van der Waals surface area contributed by atoms with Crippen molar-refractivity contribution < 1.29 is 27.9 Å².